The second-order valence-corrected chi connectivity index (χ2v) is 7.03. The van der Waals surface area contributed by atoms with Gasteiger partial charge in [0, 0.05) is 12.3 Å². The van der Waals surface area contributed by atoms with Crippen molar-refractivity contribution in [3.63, 3.8) is 0 Å². The first kappa shape index (κ1) is 17.9. The van der Waals surface area contributed by atoms with Crippen LogP contribution in [-0.4, -0.2) is 62.6 Å². The number of fused-ring (bicyclic) bond motifs is 3. The second-order valence-electron chi connectivity index (χ2n) is 7.03. The van der Waals surface area contributed by atoms with E-state index in [4.69, 9.17) is 14.3 Å². The van der Waals surface area contributed by atoms with Gasteiger partial charge in [0.15, 0.2) is 6.23 Å². The molecule has 4 heterocycles. The van der Waals surface area contributed by atoms with Crippen LogP contribution in [0.5, 0.6) is 0 Å². The highest BCUT2D eigenvalue weighted by Gasteiger charge is 2.62. The Hall–Kier alpha value is -3.12. The van der Waals surface area contributed by atoms with E-state index in [1.165, 1.54) is 18.3 Å². The minimum Gasteiger partial charge on any atom is -0.387 e. The Bertz CT molecular complexity index is 1110. The first-order valence-corrected chi connectivity index (χ1v) is 8.81. The maximum absolute atomic E-state index is 12.4. The number of aromatic amines is 1. The van der Waals surface area contributed by atoms with Gasteiger partial charge < -0.3 is 14.6 Å². The normalized spacial score (nSPS) is 30.2. The van der Waals surface area contributed by atoms with Crippen molar-refractivity contribution < 1.29 is 29.0 Å². The molecule has 0 saturated carbocycles. The number of carbonyl (C=O) groups excluding carboxylic acids is 2. The molecule has 2 saturated heterocycles. The van der Waals surface area contributed by atoms with Crippen LogP contribution < -0.4 is 11.2 Å². The Morgan fingerprint density at radius 3 is 2.48 bits per heavy atom. The number of aliphatic hydroxyl groups excluding tert-OH is 1. The molecule has 11 nitrogen and oxygen atoms in total. The van der Waals surface area contributed by atoms with Crippen LogP contribution in [0.25, 0.3) is 0 Å². The van der Waals surface area contributed by atoms with Gasteiger partial charge >= 0.3 is 5.69 Å². The zero-order chi connectivity index (χ0) is 20.3. The number of benzene rings is 1. The number of H-pyrrole nitrogens is 1. The first-order chi connectivity index (χ1) is 13.9. The van der Waals surface area contributed by atoms with E-state index in [0.29, 0.717) is 5.06 Å². The van der Waals surface area contributed by atoms with Gasteiger partial charge in [-0.25, -0.2) is 4.79 Å². The molecule has 5 rings (SSSR count). The lowest BCUT2D eigenvalue weighted by atomic mass is 10.0. The van der Waals surface area contributed by atoms with Crippen LogP contribution in [-0.2, 0) is 14.3 Å². The zero-order valence-corrected chi connectivity index (χ0v) is 14.8. The summed E-state index contributed by atoms with van der Waals surface area (Å²) in [5, 5.41) is 11.3. The van der Waals surface area contributed by atoms with E-state index in [-0.39, 0.29) is 24.3 Å². The minimum absolute atomic E-state index is 0.0589. The lowest BCUT2D eigenvalue weighted by Gasteiger charge is -2.31. The van der Waals surface area contributed by atoms with Gasteiger partial charge in [0.25, 0.3) is 17.4 Å². The monoisotopic (exact) mass is 401 g/mol. The van der Waals surface area contributed by atoms with E-state index in [9.17, 15) is 24.3 Å². The van der Waals surface area contributed by atoms with Crippen molar-refractivity contribution in [2.75, 3.05) is 13.2 Å². The molecule has 150 valence electrons. The Morgan fingerprint density at radius 2 is 1.83 bits per heavy atom. The van der Waals surface area contributed by atoms with Crippen molar-refractivity contribution in [2.24, 2.45) is 0 Å². The molecule has 2 fully saturated rings. The SMILES string of the molecule is O=C1c2ccccc2C(=O)N1OC[C@]12COC(C1O)[C@H](n1ccc(=O)[nH]c1=O)O2. The number of ether oxygens (including phenoxy) is 2. The maximum Gasteiger partial charge on any atom is 0.330 e. The molecule has 2 amide bonds. The Kier molecular flexibility index (Phi) is 3.83. The predicted molar refractivity (Wildman–Crippen MR) is 92.8 cm³/mol. The van der Waals surface area contributed by atoms with E-state index < -0.39 is 47.1 Å². The number of aromatic nitrogens is 2. The third-order valence-electron chi connectivity index (χ3n) is 5.33. The molecule has 2 aromatic rings. The minimum atomic E-state index is -1.39. The molecule has 0 spiro atoms. The number of nitrogens with zero attached hydrogens (tertiary/aromatic N) is 2. The number of nitrogens with one attached hydrogen (secondary N) is 1. The Labute approximate surface area is 162 Å². The molecule has 4 atom stereocenters. The van der Waals surface area contributed by atoms with Crippen molar-refractivity contribution >= 4 is 11.8 Å². The van der Waals surface area contributed by atoms with Crippen molar-refractivity contribution in [1.29, 1.82) is 0 Å². The number of carbonyl (C=O) groups is 2. The number of rotatable bonds is 4. The van der Waals surface area contributed by atoms with Crippen molar-refractivity contribution in [3.05, 3.63) is 68.5 Å². The lowest BCUT2D eigenvalue weighted by molar-refractivity contribution is -0.219. The predicted octanol–water partition coefficient (Wildman–Crippen LogP) is -1.21. The molecule has 3 aliphatic heterocycles. The van der Waals surface area contributed by atoms with E-state index in [1.54, 1.807) is 12.1 Å². The quantitative estimate of drug-likeness (QED) is 0.609. The van der Waals surface area contributed by atoms with Crippen LogP contribution in [0.3, 0.4) is 0 Å². The van der Waals surface area contributed by atoms with Crippen LogP contribution in [0.4, 0.5) is 0 Å². The number of aliphatic hydroxyl groups is 1. The fraction of sp³-hybridized carbons (Fsp3) is 0.333. The summed E-state index contributed by atoms with van der Waals surface area (Å²) in [5.41, 5.74) is -2.23. The zero-order valence-electron chi connectivity index (χ0n) is 14.8. The molecule has 0 aliphatic carbocycles. The van der Waals surface area contributed by atoms with E-state index in [0.717, 1.165) is 10.6 Å². The van der Waals surface area contributed by atoms with Gasteiger partial charge in [0.1, 0.15) is 24.4 Å². The van der Waals surface area contributed by atoms with Gasteiger partial charge in [-0.05, 0) is 12.1 Å². The summed E-state index contributed by atoms with van der Waals surface area (Å²) in [4.78, 5) is 55.7. The lowest BCUT2D eigenvalue weighted by Crippen LogP contribution is -2.48. The molecule has 3 aliphatic rings. The van der Waals surface area contributed by atoms with Crippen LogP contribution in [0.2, 0.25) is 0 Å². The fourth-order valence-corrected chi connectivity index (χ4v) is 3.82. The number of imide groups is 1. The fourth-order valence-electron chi connectivity index (χ4n) is 3.82. The maximum atomic E-state index is 12.4. The van der Waals surface area contributed by atoms with E-state index >= 15 is 0 Å². The number of hydrogen-bond acceptors (Lipinski definition) is 8. The van der Waals surface area contributed by atoms with Crippen LogP contribution in [0.15, 0.2) is 46.1 Å². The summed E-state index contributed by atoms with van der Waals surface area (Å²) in [6.45, 7) is -0.415. The molecule has 29 heavy (non-hydrogen) atoms. The van der Waals surface area contributed by atoms with Crippen molar-refractivity contribution in [3.8, 4) is 0 Å². The summed E-state index contributed by atoms with van der Waals surface area (Å²) < 4.78 is 12.5. The molecule has 2 unspecified atom stereocenters. The largest absolute Gasteiger partial charge is 0.387 e. The molecule has 1 aromatic heterocycles. The standard InChI is InChI=1S/C18H15N3O8/c22-11-5-6-20(17(26)19-11)16-12-13(23)18(29-16,7-27-12)8-28-21-14(24)9-3-1-2-4-10(9)15(21)25/h1-6,12-13,16,23H,7-8H2,(H,19,22,26)/t12?,13?,16-,18-/m1/s1. The van der Waals surface area contributed by atoms with Crippen molar-refractivity contribution in [2.45, 2.75) is 24.0 Å². The average molecular weight is 401 g/mol. The molecule has 2 N–H and O–H groups in total. The van der Waals surface area contributed by atoms with Crippen LogP contribution in [0.1, 0.15) is 26.9 Å². The van der Waals surface area contributed by atoms with Gasteiger partial charge in [-0.2, -0.15) is 0 Å². The summed E-state index contributed by atoms with van der Waals surface area (Å²) in [7, 11) is 0. The van der Waals surface area contributed by atoms with Gasteiger partial charge in [-0.15, -0.1) is 5.06 Å². The van der Waals surface area contributed by atoms with Gasteiger partial charge in [0.05, 0.1) is 17.7 Å². The molecule has 11 heteroatoms. The third-order valence-corrected chi connectivity index (χ3v) is 5.33. The topological polar surface area (TPSA) is 140 Å². The van der Waals surface area contributed by atoms with E-state index in [1.807, 2.05) is 0 Å². The van der Waals surface area contributed by atoms with Crippen LogP contribution >= 0.6 is 0 Å². The smallest absolute Gasteiger partial charge is 0.330 e. The van der Waals surface area contributed by atoms with Crippen LogP contribution in [0, 0.1) is 0 Å². The summed E-state index contributed by atoms with van der Waals surface area (Å²) in [6, 6.07) is 7.46. The average Bonchev–Trinajstić information content (AvgIpc) is 3.26. The highest BCUT2D eigenvalue weighted by molar-refractivity contribution is 6.20. The molecular formula is C18H15N3O8. The van der Waals surface area contributed by atoms with E-state index in [2.05, 4.69) is 4.98 Å². The highest BCUT2D eigenvalue weighted by atomic mass is 16.7. The molecule has 1 aromatic carbocycles. The number of amides is 2. The summed E-state index contributed by atoms with van der Waals surface area (Å²) in [5.74, 6) is -1.23. The highest BCUT2D eigenvalue weighted by Crippen LogP contribution is 2.44. The second kappa shape index (κ2) is 6.19. The Morgan fingerprint density at radius 1 is 1.14 bits per heavy atom. The first-order valence-electron chi connectivity index (χ1n) is 8.81. The summed E-state index contributed by atoms with van der Waals surface area (Å²) in [6.07, 6.45) is -1.83. The Balaban J connectivity index is 1.37. The van der Waals surface area contributed by atoms with Gasteiger partial charge in [-0.1, -0.05) is 12.1 Å². The summed E-state index contributed by atoms with van der Waals surface area (Å²) >= 11 is 0. The molecule has 0 radical (unpaired) electrons. The van der Waals surface area contributed by atoms with Gasteiger partial charge in [-0.3, -0.25) is 28.8 Å². The van der Waals surface area contributed by atoms with Crippen molar-refractivity contribution in [1.82, 2.24) is 14.6 Å². The third kappa shape index (κ3) is 2.52. The molecule has 2 bridgehead atoms. The van der Waals surface area contributed by atoms with Gasteiger partial charge in [0.2, 0.25) is 0 Å². The number of hydrogen-bond donors (Lipinski definition) is 2. The number of hydroxylamine groups is 2. The molecular weight excluding hydrogens is 386 g/mol.